The monoisotopic (exact) mass is 416 g/mol. The summed E-state index contributed by atoms with van der Waals surface area (Å²) in [7, 11) is 0. The molecule has 28 heavy (non-hydrogen) atoms. The maximum Gasteiger partial charge on any atom is 0.272 e. The molecule has 0 N–H and O–H groups in total. The lowest BCUT2D eigenvalue weighted by Crippen LogP contribution is -2.30. The van der Waals surface area contributed by atoms with E-state index < -0.39 is 11.6 Å². The van der Waals surface area contributed by atoms with E-state index in [1.807, 2.05) is 13.0 Å². The molecule has 0 radical (unpaired) electrons. The number of hydrogen-bond donors (Lipinski definition) is 0. The van der Waals surface area contributed by atoms with Gasteiger partial charge in [0.25, 0.3) is 5.91 Å². The van der Waals surface area contributed by atoms with E-state index >= 15 is 0 Å². The standard InChI is InChI=1S/C19H14F2N4OS2/c1-10-17(27-11(2)23-10)18(26)25(9-12-4-3-5-22-8-12)19-24-16-14(21)6-13(20)7-15(16)28-19/h3-8H,9H2,1-2H3. The highest BCUT2D eigenvalue weighted by Gasteiger charge is 2.26. The van der Waals surface area contributed by atoms with Crippen molar-refractivity contribution in [2.45, 2.75) is 20.4 Å². The molecule has 3 aromatic heterocycles. The Morgan fingerprint density at radius 1 is 1.18 bits per heavy atom. The molecule has 0 unspecified atom stereocenters. The zero-order chi connectivity index (χ0) is 19.8. The topological polar surface area (TPSA) is 59.0 Å². The second-order valence-electron chi connectivity index (χ2n) is 6.13. The minimum absolute atomic E-state index is 0.0441. The number of hydrogen-bond acceptors (Lipinski definition) is 6. The Morgan fingerprint density at radius 3 is 2.68 bits per heavy atom. The molecule has 0 spiro atoms. The molecule has 0 saturated heterocycles. The first-order chi connectivity index (χ1) is 13.4. The number of fused-ring (bicyclic) bond motifs is 1. The zero-order valence-electron chi connectivity index (χ0n) is 14.9. The van der Waals surface area contributed by atoms with Gasteiger partial charge in [0.1, 0.15) is 16.2 Å². The number of aromatic nitrogens is 3. The molecule has 1 aromatic carbocycles. The largest absolute Gasteiger partial charge is 0.279 e. The minimum atomic E-state index is -0.754. The molecule has 4 aromatic rings. The number of thiazole rings is 2. The summed E-state index contributed by atoms with van der Waals surface area (Å²) in [5.74, 6) is -1.72. The molecule has 9 heteroatoms. The van der Waals surface area contributed by atoms with Gasteiger partial charge in [0, 0.05) is 18.5 Å². The molecule has 142 valence electrons. The van der Waals surface area contributed by atoms with Crippen LogP contribution in [0.15, 0.2) is 36.7 Å². The van der Waals surface area contributed by atoms with Crippen LogP contribution < -0.4 is 4.90 Å². The molecule has 5 nitrogen and oxygen atoms in total. The van der Waals surface area contributed by atoms with Gasteiger partial charge in [-0.2, -0.15) is 0 Å². The fraction of sp³-hybridized carbons (Fsp3) is 0.158. The van der Waals surface area contributed by atoms with Crippen LogP contribution in [0.3, 0.4) is 0 Å². The summed E-state index contributed by atoms with van der Waals surface area (Å²) in [5.41, 5.74) is 1.46. The number of aryl methyl sites for hydroxylation is 2. The van der Waals surface area contributed by atoms with Crippen molar-refractivity contribution < 1.29 is 13.6 Å². The summed E-state index contributed by atoms with van der Waals surface area (Å²) in [6.07, 6.45) is 3.29. The highest BCUT2D eigenvalue weighted by molar-refractivity contribution is 7.22. The van der Waals surface area contributed by atoms with Gasteiger partial charge in [0.15, 0.2) is 10.9 Å². The number of benzene rings is 1. The van der Waals surface area contributed by atoms with E-state index in [1.165, 1.54) is 22.3 Å². The summed E-state index contributed by atoms with van der Waals surface area (Å²) in [5, 5.41) is 1.07. The van der Waals surface area contributed by atoms with Crippen LogP contribution in [-0.2, 0) is 6.54 Å². The van der Waals surface area contributed by atoms with Crippen LogP contribution in [0.4, 0.5) is 13.9 Å². The number of amides is 1. The van der Waals surface area contributed by atoms with Gasteiger partial charge in [0.05, 0.1) is 21.9 Å². The normalized spacial score (nSPS) is 11.1. The van der Waals surface area contributed by atoms with Crippen molar-refractivity contribution >= 4 is 43.9 Å². The fourth-order valence-corrected chi connectivity index (χ4v) is 4.69. The third kappa shape index (κ3) is 3.50. The molecule has 0 saturated carbocycles. The van der Waals surface area contributed by atoms with E-state index in [-0.39, 0.29) is 18.0 Å². The Labute approximate surface area is 167 Å². The smallest absolute Gasteiger partial charge is 0.272 e. The molecule has 0 bridgehead atoms. The van der Waals surface area contributed by atoms with Gasteiger partial charge in [-0.1, -0.05) is 17.4 Å². The minimum Gasteiger partial charge on any atom is -0.279 e. The van der Waals surface area contributed by atoms with E-state index in [4.69, 9.17) is 0 Å². The van der Waals surface area contributed by atoms with Crippen LogP contribution in [0.1, 0.15) is 25.9 Å². The van der Waals surface area contributed by atoms with E-state index in [2.05, 4.69) is 15.0 Å². The van der Waals surface area contributed by atoms with E-state index in [9.17, 15) is 13.6 Å². The maximum absolute atomic E-state index is 14.1. The third-order valence-corrected chi connectivity index (χ3v) is 6.13. The first-order valence-corrected chi connectivity index (χ1v) is 9.96. The summed E-state index contributed by atoms with van der Waals surface area (Å²) in [6, 6.07) is 5.61. The molecule has 0 fully saturated rings. The molecule has 0 aliphatic heterocycles. The molecule has 4 rings (SSSR count). The number of halogens is 2. The lowest BCUT2D eigenvalue weighted by Gasteiger charge is -2.19. The van der Waals surface area contributed by atoms with Gasteiger partial charge in [-0.15, -0.1) is 11.3 Å². The van der Waals surface area contributed by atoms with Crippen LogP contribution in [0.5, 0.6) is 0 Å². The van der Waals surface area contributed by atoms with Gasteiger partial charge in [-0.3, -0.25) is 14.7 Å². The Balaban J connectivity index is 1.82. The predicted molar refractivity (Wildman–Crippen MR) is 106 cm³/mol. The summed E-state index contributed by atoms with van der Waals surface area (Å²) in [4.78, 5) is 27.9. The fourth-order valence-electron chi connectivity index (χ4n) is 2.81. The highest BCUT2D eigenvalue weighted by Crippen LogP contribution is 2.33. The van der Waals surface area contributed by atoms with Crippen molar-refractivity contribution in [2.75, 3.05) is 4.90 Å². The lowest BCUT2D eigenvalue weighted by atomic mass is 10.2. The predicted octanol–water partition coefficient (Wildman–Crippen LogP) is 4.89. The molecule has 1 amide bonds. The first-order valence-electron chi connectivity index (χ1n) is 8.33. The van der Waals surface area contributed by atoms with Gasteiger partial charge in [-0.05, 0) is 31.5 Å². The van der Waals surface area contributed by atoms with Crippen LogP contribution >= 0.6 is 22.7 Å². The number of carbonyl (C=O) groups is 1. The third-order valence-electron chi connectivity index (χ3n) is 4.04. The van der Waals surface area contributed by atoms with Crippen LogP contribution in [-0.4, -0.2) is 20.9 Å². The number of pyridine rings is 1. The molecular formula is C19H14F2N4OS2. The quantitative estimate of drug-likeness (QED) is 0.475. The van der Waals surface area contributed by atoms with E-state index in [0.29, 0.717) is 20.4 Å². The number of anilines is 1. The lowest BCUT2D eigenvalue weighted by molar-refractivity contribution is 0.0988. The Hall–Kier alpha value is -2.78. The second kappa shape index (κ2) is 7.33. The maximum atomic E-state index is 14.1. The molecule has 3 heterocycles. The average Bonchev–Trinajstić information content (AvgIpc) is 3.22. The summed E-state index contributed by atoms with van der Waals surface area (Å²) in [6.45, 7) is 3.80. The SMILES string of the molecule is Cc1nc(C)c(C(=O)N(Cc2cccnc2)c2nc3c(F)cc(F)cc3s2)s1. The van der Waals surface area contributed by atoms with Crippen LogP contribution in [0, 0.1) is 25.5 Å². The van der Waals surface area contributed by atoms with Crippen molar-refractivity contribution in [1.29, 1.82) is 0 Å². The molecule has 0 aliphatic carbocycles. The average molecular weight is 416 g/mol. The number of nitrogens with zero attached hydrogens (tertiary/aromatic N) is 4. The summed E-state index contributed by atoms with van der Waals surface area (Å²) < 4.78 is 28.0. The van der Waals surface area contributed by atoms with Gasteiger partial charge < -0.3 is 0 Å². The number of carbonyl (C=O) groups excluding carboxylic acids is 1. The Morgan fingerprint density at radius 2 is 2.00 bits per heavy atom. The Bertz CT molecular complexity index is 1170. The van der Waals surface area contributed by atoms with Crippen molar-refractivity contribution in [3.8, 4) is 0 Å². The highest BCUT2D eigenvalue weighted by atomic mass is 32.1. The molecular weight excluding hydrogens is 402 g/mol. The van der Waals surface area contributed by atoms with Crippen LogP contribution in [0.2, 0.25) is 0 Å². The van der Waals surface area contributed by atoms with Crippen molar-refractivity contribution in [3.05, 3.63) is 69.4 Å². The van der Waals surface area contributed by atoms with Crippen molar-refractivity contribution in [3.63, 3.8) is 0 Å². The van der Waals surface area contributed by atoms with E-state index in [1.54, 1.807) is 25.4 Å². The van der Waals surface area contributed by atoms with Crippen LogP contribution in [0.25, 0.3) is 10.2 Å². The Kier molecular flexibility index (Phi) is 4.86. The second-order valence-corrected chi connectivity index (χ2v) is 8.34. The van der Waals surface area contributed by atoms with Gasteiger partial charge in [0.2, 0.25) is 0 Å². The van der Waals surface area contributed by atoms with Crippen molar-refractivity contribution in [2.24, 2.45) is 0 Å². The summed E-state index contributed by atoms with van der Waals surface area (Å²) >= 11 is 2.36. The molecule has 0 aliphatic rings. The number of rotatable bonds is 4. The van der Waals surface area contributed by atoms with Gasteiger partial charge >= 0.3 is 0 Å². The van der Waals surface area contributed by atoms with Crippen molar-refractivity contribution in [1.82, 2.24) is 15.0 Å². The molecule has 0 atom stereocenters. The van der Waals surface area contributed by atoms with Gasteiger partial charge in [-0.25, -0.2) is 18.7 Å². The zero-order valence-corrected chi connectivity index (χ0v) is 16.6. The first kappa shape index (κ1) is 18.6. The van der Waals surface area contributed by atoms with E-state index in [0.717, 1.165) is 28.0 Å².